The summed E-state index contributed by atoms with van der Waals surface area (Å²) in [5.74, 6) is -0.260. The van der Waals surface area contributed by atoms with Crippen LogP contribution in [0.25, 0.3) is 15.9 Å². The maximum atomic E-state index is 12.4. The Balaban J connectivity index is 1.63. The summed E-state index contributed by atoms with van der Waals surface area (Å²) in [5, 5.41) is 8.15. The molecule has 0 aliphatic carbocycles. The monoisotopic (exact) mass is 323 g/mol. The Morgan fingerprint density at radius 2 is 2.04 bits per heavy atom. The van der Waals surface area contributed by atoms with Crippen molar-refractivity contribution in [3.05, 3.63) is 52.9 Å². The molecular formula is C16H13N5OS. The Morgan fingerprint density at radius 1 is 1.17 bits per heavy atom. The zero-order chi connectivity index (χ0) is 16.0. The molecule has 0 aliphatic heterocycles. The first-order valence-electron chi connectivity index (χ1n) is 7.10. The third-order valence-corrected chi connectivity index (χ3v) is 4.38. The van der Waals surface area contributed by atoms with Crippen LogP contribution in [-0.2, 0) is 0 Å². The van der Waals surface area contributed by atoms with E-state index >= 15 is 0 Å². The second-order valence-corrected chi connectivity index (χ2v) is 6.51. The van der Waals surface area contributed by atoms with Gasteiger partial charge in [-0.15, -0.1) is 11.3 Å². The van der Waals surface area contributed by atoms with Gasteiger partial charge in [0.2, 0.25) is 0 Å². The van der Waals surface area contributed by atoms with Gasteiger partial charge in [0.05, 0.1) is 27.1 Å². The molecule has 4 rings (SSSR count). The SMILES string of the molecule is Cc1cn2nc(C(=O)Nc3ccc4sc(C)nc4c3)ccc2n1. The number of nitrogens with zero attached hydrogens (tertiary/aromatic N) is 4. The van der Waals surface area contributed by atoms with Crippen LogP contribution in [0.2, 0.25) is 0 Å². The number of imidazole rings is 1. The fourth-order valence-electron chi connectivity index (χ4n) is 2.44. The molecular weight excluding hydrogens is 310 g/mol. The van der Waals surface area contributed by atoms with Crippen molar-refractivity contribution in [1.29, 1.82) is 0 Å². The molecule has 0 spiro atoms. The summed E-state index contributed by atoms with van der Waals surface area (Å²) in [6.45, 7) is 3.86. The van der Waals surface area contributed by atoms with Crippen molar-refractivity contribution in [3.63, 3.8) is 0 Å². The van der Waals surface area contributed by atoms with Crippen molar-refractivity contribution in [2.24, 2.45) is 0 Å². The van der Waals surface area contributed by atoms with E-state index in [1.807, 2.05) is 32.0 Å². The molecule has 1 amide bonds. The maximum absolute atomic E-state index is 12.4. The van der Waals surface area contributed by atoms with E-state index in [2.05, 4.69) is 20.4 Å². The number of carbonyl (C=O) groups excluding carboxylic acids is 1. The van der Waals surface area contributed by atoms with Crippen LogP contribution >= 0.6 is 11.3 Å². The highest BCUT2D eigenvalue weighted by molar-refractivity contribution is 7.18. The molecule has 0 unspecified atom stereocenters. The van der Waals surface area contributed by atoms with Gasteiger partial charge < -0.3 is 5.32 Å². The second kappa shape index (κ2) is 5.13. The van der Waals surface area contributed by atoms with Crippen molar-refractivity contribution in [2.45, 2.75) is 13.8 Å². The summed E-state index contributed by atoms with van der Waals surface area (Å²) >= 11 is 1.63. The number of hydrogen-bond donors (Lipinski definition) is 1. The summed E-state index contributed by atoms with van der Waals surface area (Å²) in [7, 11) is 0. The van der Waals surface area contributed by atoms with E-state index in [4.69, 9.17) is 0 Å². The largest absolute Gasteiger partial charge is 0.321 e. The van der Waals surface area contributed by atoms with Gasteiger partial charge in [-0.3, -0.25) is 4.79 Å². The van der Waals surface area contributed by atoms with Gasteiger partial charge in [0, 0.05) is 5.69 Å². The molecule has 0 saturated carbocycles. The van der Waals surface area contributed by atoms with E-state index in [1.165, 1.54) is 0 Å². The van der Waals surface area contributed by atoms with E-state index < -0.39 is 0 Å². The summed E-state index contributed by atoms with van der Waals surface area (Å²) in [4.78, 5) is 21.1. The fraction of sp³-hybridized carbons (Fsp3) is 0.125. The van der Waals surface area contributed by atoms with Crippen LogP contribution < -0.4 is 5.32 Å². The number of aryl methyl sites for hydroxylation is 2. The first kappa shape index (κ1) is 13.8. The Morgan fingerprint density at radius 3 is 2.91 bits per heavy atom. The van der Waals surface area contributed by atoms with Gasteiger partial charge in [-0.05, 0) is 44.2 Å². The molecule has 0 radical (unpaired) electrons. The smallest absolute Gasteiger partial charge is 0.276 e. The van der Waals surface area contributed by atoms with Gasteiger partial charge in [-0.1, -0.05) is 0 Å². The number of rotatable bonds is 2. The van der Waals surface area contributed by atoms with Gasteiger partial charge in [-0.25, -0.2) is 14.5 Å². The van der Waals surface area contributed by atoms with Gasteiger partial charge in [0.1, 0.15) is 5.69 Å². The topological polar surface area (TPSA) is 72.2 Å². The highest BCUT2D eigenvalue weighted by Crippen LogP contribution is 2.24. The summed E-state index contributed by atoms with van der Waals surface area (Å²) in [6.07, 6.45) is 1.79. The molecule has 0 fully saturated rings. The number of fused-ring (bicyclic) bond motifs is 2. The lowest BCUT2D eigenvalue weighted by Crippen LogP contribution is -2.15. The normalized spacial score (nSPS) is 11.2. The van der Waals surface area contributed by atoms with Gasteiger partial charge in [0.25, 0.3) is 5.91 Å². The van der Waals surface area contributed by atoms with E-state index in [0.29, 0.717) is 11.4 Å². The Bertz CT molecular complexity index is 1050. The van der Waals surface area contributed by atoms with Gasteiger partial charge in [0.15, 0.2) is 5.65 Å². The Hall–Kier alpha value is -2.80. The fourth-order valence-corrected chi connectivity index (χ4v) is 3.24. The highest BCUT2D eigenvalue weighted by atomic mass is 32.1. The molecule has 3 aromatic heterocycles. The predicted octanol–water partition coefficient (Wildman–Crippen LogP) is 3.21. The average molecular weight is 323 g/mol. The Kier molecular flexibility index (Phi) is 3.09. The summed E-state index contributed by atoms with van der Waals surface area (Å²) in [5.41, 5.74) is 3.51. The molecule has 23 heavy (non-hydrogen) atoms. The molecule has 0 aliphatic rings. The minimum absolute atomic E-state index is 0.260. The average Bonchev–Trinajstić information content (AvgIpc) is 3.06. The minimum atomic E-state index is -0.260. The van der Waals surface area contributed by atoms with Crippen LogP contribution in [0.4, 0.5) is 5.69 Å². The second-order valence-electron chi connectivity index (χ2n) is 5.27. The highest BCUT2D eigenvalue weighted by Gasteiger charge is 2.11. The van der Waals surface area contributed by atoms with E-state index in [-0.39, 0.29) is 5.91 Å². The van der Waals surface area contributed by atoms with Crippen LogP contribution in [-0.4, -0.2) is 25.5 Å². The van der Waals surface area contributed by atoms with Crippen molar-refractivity contribution in [1.82, 2.24) is 19.6 Å². The lowest BCUT2D eigenvalue weighted by atomic mass is 10.3. The lowest BCUT2D eigenvalue weighted by Gasteiger charge is -2.04. The lowest BCUT2D eigenvalue weighted by molar-refractivity contribution is 0.102. The molecule has 7 heteroatoms. The number of nitrogens with one attached hydrogen (secondary N) is 1. The zero-order valence-corrected chi connectivity index (χ0v) is 13.4. The number of aromatic nitrogens is 4. The number of anilines is 1. The van der Waals surface area contributed by atoms with Crippen LogP contribution in [0.3, 0.4) is 0 Å². The van der Waals surface area contributed by atoms with Crippen LogP contribution in [0, 0.1) is 13.8 Å². The molecule has 0 saturated heterocycles. The summed E-state index contributed by atoms with van der Waals surface area (Å²) < 4.78 is 2.71. The minimum Gasteiger partial charge on any atom is -0.321 e. The molecule has 0 bridgehead atoms. The molecule has 1 aromatic carbocycles. The number of carbonyl (C=O) groups is 1. The molecule has 4 aromatic rings. The standard InChI is InChI=1S/C16H13N5OS/c1-9-8-21-15(17-9)6-4-12(20-21)16(22)19-11-3-5-14-13(7-11)18-10(2)23-14/h3-8H,1-2H3,(H,19,22). The molecule has 114 valence electrons. The van der Waals surface area contributed by atoms with Crippen molar-refractivity contribution in [3.8, 4) is 0 Å². The quantitative estimate of drug-likeness (QED) is 0.615. The van der Waals surface area contributed by atoms with Crippen molar-refractivity contribution in [2.75, 3.05) is 5.32 Å². The molecule has 1 N–H and O–H groups in total. The molecule has 0 atom stereocenters. The number of hydrogen-bond acceptors (Lipinski definition) is 5. The first-order chi connectivity index (χ1) is 11.1. The summed E-state index contributed by atoms with van der Waals surface area (Å²) in [6, 6.07) is 9.16. The van der Waals surface area contributed by atoms with Crippen LogP contribution in [0.1, 0.15) is 21.2 Å². The Labute approximate surface area is 135 Å². The predicted molar refractivity (Wildman–Crippen MR) is 90.0 cm³/mol. The molecule has 3 heterocycles. The van der Waals surface area contributed by atoms with E-state index in [9.17, 15) is 4.79 Å². The maximum Gasteiger partial charge on any atom is 0.276 e. The first-order valence-corrected chi connectivity index (χ1v) is 7.92. The zero-order valence-electron chi connectivity index (χ0n) is 12.6. The third kappa shape index (κ3) is 2.55. The van der Waals surface area contributed by atoms with Crippen LogP contribution in [0.15, 0.2) is 36.5 Å². The van der Waals surface area contributed by atoms with Crippen molar-refractivity contribution >= 4 is 38.8 Å². The van der Waals surface area contributed by atoms with E-state index in [1.54, 1.807) is 34.2 Å². The van der Waals surface area contributed by atoms with Gasteiger partial charge >= 0.3 is 0 Å². The van der Waals surface area contributed by atoms with Gasteiger partial charge in [-0.2, -0.15) is 5.10 Å². The number of amides is 1. The van der Waals surface area contributed by atoms with Crippen LogP contribution in [0.5, 0.6) is 0 Å². The third-order valence-electron chi connectivity index (χ3n) is 3.43. The number of benzene rings is 1. The molecule has 6 nitrogen and oxygen atoms in total. The number of thiazole rings is 1. The van der Waals surface area contributed by atoms with E-state index in [0.717, 1.165) is 26.6 Å². The van der Waals surface area contributed by atoms with Crippen molar-refractivity contribution < 1.29 is 4.79 Å².